The Morgan fingerprint density at radius 3 is 1.40 bits per heavy atom. The average Bonchev–Trinajstić information content (AvgIpc) is 3.18. The molecule has 0 saturated heterocycles. The van der Waals surface area contributed by atoms with Crippen LogP contribution in [0.5, 0.6) is 0 Å². The maximum Gasteiger partial charge on any atom is 0.306 e. The van der Waals surface area contributed by atoms with Gasteiger partial charge in [-0.15, -0.1) is 0 Å². The van der Waals surface area contributed by atoms with Crippen molar-refractivity contribution in [1.82, 2.24) is 5.32 Å². The Labute approximate surface area is 341 Å². The van der Waals surface area contributed by atoms with E-state index in [1.165, 1.54) is 135 Å². The number of allylic oxidation sites excluding steroid dienone is 4. The number of esters is 1. The van der Waals surface area contributed by atoms with Gasteiger partial charge in [-0.2, -0.15) is 0 Å². The number of amides is 1. The van der Waals surface area contributed by atoms with E-state index in [-0.39, 0.29) is 24.9 Å². The van der Waals surface area contributed by atoms with Gasteiger partial charge in [-0.25, -0.2) is 0 Å². The van der Waals surface area contributed by atoms with Crippen molar-refractivity contribution in [1.29, 1.82) is 0 Å². The number of hydrogen-bond acceptors (Lipinski definition) is 5. The van der Waals surface area contributed by atoms with Gasteiger partial charge in [0.25, 0.3) is 0 Å². The molecule has 0 aliphatic carbocycles. The highest BCUT2D eigenvalue weighted by atomic mass is 16.5. The number of hydrogen-bond donors (Lipinski definition) is 3. The Hall–Kier alpha value is -1.66. The summed E-state index contributed by atoms with van der Waals surface area (Å²) >= 11 is 0. The molecule has 3 N–H and O–H groups in total. The summed E-state index contributed by atoms with van der Waals surface area (Å²) in [4.78, 5) is 25.9. The number of ether oxygens (including phenoxy) is 1. The summed E-state index contributed by atoms with van der Waals surface area (Å²) in [6.45, 7) is 6.41. The fraction of sp³-hybridized carbons (Fsp3) is 0.878. The molecule has 0 aliphatic rings. The molecule has 324 valence electrons. The third-order valence-corrected chi connectivity index (χ3v) is 11.0. The molecular formula is C49H93NO5. The van der Waals surface area contributed by atoms with Crippen molar-refractivity contribution < 1.29 is 24.5 Å². The zero-order chi connectivity index (χ0) is 40.3. The fourth-order valence-corrected chi connectivity index (χ4v) is 7.29. The Morgan fingerprint density at radius 1 is 0.509 bits per heavy atom. The lowest BCUT2D eigenvalue weighted by Crippen LogP contribution is -2.46. The van der Waals surface area contributed by atoms with Gasteiger partial charge in [0.05, 0.1) is 25.2 Å². The highest BCUT2D eigenvalue weighted by Crippen LogP contribution is 2.17. The van der Waals surface area contributed by atoms with Crippen LogP contribution < -0.4 is 5.32 Å². The van der Waals surface area contributed by atoms with Crippen LogP contribution in [0.25, 0.3) is 0 Å². The van der Waals surface area contributed by atoms with Gasteiger partial charge in [-0.1, -0.05) is 193 Å². The van der Waals surface area contributed by atoms with Crippen LogP contribution in [-0.4, -0.2) is 46.9 Å². The van der Waals surface area contributed by atoms with Gasteiger partial charge in [-0.05, 0) is 70.6 Å². The first kappa shape index (κ1) is 53.3. The van der Waals surface area contributed by atoms with Crippen molar-refractivity contribution in [2.24, 2.45) is 0 Å². The van der Waals surface area contributed by atoms with Gasteiger partial charge < -0.3 is 20.3 Å². The van der Waals surface area contributed by atoms with Crippen molar-refractivity contribution in [2.45, 2.75) is 270 Å². The Morgan fingerprint density at radius 2 is 0.891 bits per heavy atom. The van der Waals surface area contributed by atoms with Gasteiger partial charge in [-0.3, -0.25) is 9.59 Å². The number of aliphatic hydroxyl groups is 2. The van der Waals surface area contributed by atoms with E-state index in [0.717, 1.165) is 70.6 Å². The van der Waals surface area contributed by atoms with Gasteiger partial charge in [0.1, 0.15) is 6.10 Å². The topological polar surface area (TPSA) is 95.9 Å². The fourth-order valence-electron chi connectivity index (χ4n) is 7.29. The minimum absolute atomic E-state index is 0.0663. The lowest BCUT2D eigenvalue weighted by molar-refractivity contribution is -0.151. The molecule has 1 amide bonds. The standard InChI is InChI=1S/C49H93NO5/c1-4-7-10-13-16-19-21-23-24-25-26-29-32-35-38-41-47(52)46(44-51)50-48(53)43-45(40-37-34-31-28-18-15-12-9-6-3)55-49(54)42-39-36-33-30-27-22-20-17-14-11-8-5-2/h15,17-18,20,45-47,51-52H,4-14,16,19,21-44H2,1-3H3,(H,50,53)/b18-15-,20-17-. The third kappa shape index (κ3) is 39.0. The molecule has 3 atom stereocenters. The molecule has 6 nitrogen and oxygen atoms in total. The van der Waals surface area contributed by atoms with E-state index in [1.807, 2.05) is 0 Å². The molecule has 0 aromatic carbocycles. The van der Waals surface area contributed by atoms with Gasteiger partial charge >= 0.3 is 5.97 Å². The van der Waals surface area contributed by atoms with Crippen LogP contribution in [0.1, 0.15) is 252 Å². The van der Waals surface area contributed by atoms with E-state index in [1.54, 1.807) is 0 Å². The first-order valence-electron chi connectivity index (χ1n) is 24.1. The summed E-state index contributed by atoms with van der Waals surface area (Å²) < 4.78 is 5.88. The monoisotopic (exact) mass is 776 g/mol. The van der Waals surface area contributed by atoms with Crippen molar-refractivity contribution in [3.05, 3.63) is 24.3 Å². The number of carbonyl (C=O) groups excluding carboxylic acids is 2. The average molecular weight is 776 g/mol. The number of carbonyl (C=O) groups is 2. The molecule has 6 heteroatoms. The van der Waals surface area contributed by atoms with E-state index >= 15 is 0 Å². The Balaban J connectivity index is 4.47. The highest BCUT2D eigenvalue weighted by Gasteiger charge is 2.24. The van der Waals surface area contributed by atoms with Crippen LogP contribution in [0.3, 0.4) is 0 Å². The molecule has 0 aromatic rings. The summed E-state index contributed by atoms with van der Waals surface area (Å²) in [7, 11) is 0. The van der Waals surface area contributed by atoms with E-state index in [4.69, 9.17) is 4.74 Å². The molecule has 0 saturated carbocycles. The first-order valence-corrected chi connectivity index (χ1v) is 24.1. The van der Waals surface area contributed by atoms with Crippen LogP contribution in [0, 0.1) is 0 Å². The summed E-state index contributed by atoms with van der Waals surface area (Å²) in [6, 6.07) is -0.702. The largest absolute Gasteiger partial charge is 0.462 e. The van der Waals surface area contributed by atoms with E-state index in [2.05, 4.69) is 50.4 Å². The molecule has 0 aromatic heterocycles. The summed E-state index contributed by atoms with van der Waals surface area (Å²) in [6.07, 6.45) is 48.1. The molecule has 0 bridgehead atoms. The van der Waals surface area contributed by atoms with Crippen LogP contribution in [0.4, 0.5) is 0 Å². The van der Waals surface area contributed by atoms with Crippen LogP contribution >= 0.6 is 0 Å². The molecule has 0 fully saturated rings. The second-order valence-electron chi connectivity index (χ2n) is 16.5. The highest BCUT2D eigenvalue weighted by molar-refractivity contribution is 5.77. The lowest BCUT2D eigenvalue weighted by Gasteiger charge is -2.24. The zero-order valence-corrected chi connectivity index (χ0v) is 36.8. The van der Waals surface area contributed by atoms with E-state index in [9.17, 15) is 19.8 Å². The van der Waals surface area contributed by atoms with Crippen LogP contribution in [0.2, 0.25) is 0 Å². The second-order valence-corrected chi connectivity index (χ2v) is 16.5. The quantitative estimate of drug-likeness (QED) is 0.0326. The van der Waals surface area contributed by atoms with Crippen LogP contribution in [-0.2, 0) is 14.3 Å². The third-order valence-electron chi connectivity index (χ3n) is 11.0. The molecule has 0 spiro atoms. The molecule has 3 unspecified atom stereocenters. The number of nitrogens with one attached hydrogen (secondary N) is 1. The summed E-state index contributed by atoms with van der Waals surface area (Å²) in [5.74, 6) is -0.496. The normalized spacial score (nSPS) is 13.5. The molecule has 0 radical (unpaired) electrons. The van der Waals surface area contributed by atoms with Crippen molar-refractivity contribution in [3.8, 4) is 0 Å². The van der Waals surface area contributed by atoms with Gasteiger partial charge in [0, 0.05) is 6.42 Å². The lowest BCUT2D eigenvalue weighted by atomic mass is 10.0. The van der Waals surface area contributed by atoms with E-state index < -0.39 is 18.2 Å². The van der Waals surface area contributed by atoms with Crippen molar-refractivity contribution >= 4 is 11.9 Å². The predicted octanol–water partition coefficient (Wildman–Crippen LogP) is 14.0. The predicted molar refractivity (Wildman–Crippen MR) is 236 cm³/mol. The van der Waals surface area contributed by atoms with Crippen molar-refractivity contribution in [2.75, 3.05) is 6.61 Å². The number of aliphatic hydroxyl groups excluding tert-OH is 2. The zero-order valence-electron chi connectivity index (χ0n) is 36.8. The maximum absolute atomic E-state index is 13.1. The Bertz CT molecular complexity index is 873. The number of rotatable bonds is 43. The molecule has 0 rings (SSSR count). The van der Waals surface area contributed by atoms with E-state index in [0.29, 0.717) is 19.3 Å². The minimum Gasteiger partial charge on any atom is -0.462 e. The summed E-state index contributed by atoms with van der Waals surface area (Å²) in [5, 5.41) is 23.7. The molecule has 55 heavy (non-hydrogen) atoms. The van der Waals surface area contributed by atoms with Crippen molar-refractivity contribution in [3.63, 3.8) is 0 Å². The molecule has 0 aliphatic heterocycles. The Kier molecular flexibility index (Phi) is 42.2. The number of unbranched alkanes of at least 4 members (excludes halogenated alkanes) is 27. The summed E-state index contributed by atoms with van der Waals surface area (Å²) in [5.41, 5.74) is 0. The smallest absolute Gasteiger partial charge is 0.306 e. The molecule has 0 heterocycles. The maximum atomic E-state index is 13.1. The second kappa shape index (κ2) is 43.5. The van der Waals surface area contributed by atoms with Gasteiger partial charge in [0.15, 0.2) is 0 Å². The molecular weight excluding hydrogens is 683 g/mol. The first-order chi connectivity index (χ1) is 27.0. The van der Waals surface area contributed by atoms with Gasteiger partial charge in [0.2, 0.25) is 5.91 Å². The minimum atomic E-state index is -0.788. The SMILES string of the molecule is CCCC/C=C\CCCCCC(CC(=O)NC(CO)C(O)CCCCCCCCCCCCCCCCC)OC(=O)CCCCCCC/C=C\CCCCC. The van der Waals surface area contributed by atoms with Crippen LogP contribution in [0.15, 0.2) is 24.3 Å².